The van der Waals surface area contributed by atoms with Gasteiger partial charge in [0.25, 0.3) is 5.69 Å². The second-order valence-corrected chi connectivity index (χ2v) is 6.20. The molecule has 0 saturated carbocycles. The summed E-state index contributed by atoms with van der Waals surface area (Å²) in [5.74, 6) is 0. The molecule has 2 aromatic rings. The van der Waals surface area contributed by atoms with Crippen LogP contribution in [-0.2, 0) is 11.3 Å². The molecule has 0 fully saturated rings. The fraction of sp³-hybridized carbons (Fsp3) is 0.294. The van der Waals surface area contributed by atoms with Crippen molar-refractivity contribution in [2.75, 3.05) is 0 Å². The van der Waals surface area contributed by atoms with Gasteiger partial charge in [0.15, 0.2) is 0 Å². The topological polar surface area (TPSA) is 94.4 Å². The van der Waals surface area contributed by atoms with E-state index in [0.717, 1.165) is 11.1 Å². The molecule has 0 atom stereocenters. The molecule has 24 heavy (non-hydrogen) atoms. The smallest absolute Gasteiger partial charge is 0.407 e. The molecule has 0 aliphatic carbocycles. The Kier molecular flexibility index (Phi) is 5.13. The third-order valence-electron chi connectivity index (χ3n) is 3.09. The zero-order valence-electron chi connectivity index (χ0n) is 13.8. The summed E-state index contributed by atoms with van der Waals surface area (Å²) in [4.78, 5) is 26.4. The van der Waals surface area contributed by atoms with Crippen LogP contribution in [0.15, 0.2) is 42.7 Å². The van der Waals surface area contributed by atoms with E-state index in [0.29, 0.717) is 5.56 Å². The molecule has 0 aliphatic heterocycles. The van der Waals surface area contributed by atoms with Crippen LogP contribution in [0.2, 0.25) is 0 Å². The van der Waals surface area contributed by atoms with E-state index in [-0.39, 0.29) is 12.2 Å². The Balaban J connectivity index is 2.27. The predicted octanol–water partition coefficient (Wildman–Crippen LogP) is 3.68. The van der Waals surface area contributed by atoms with E-state index >= 15 is 0 Å². The molecule has 1 N–H and O–H groups in total. The normalized spacial score (nSPS) is 11.0. The second kappa shape index (κ2) is 7.08. The third-order valence-corrected chi connectivity index (χ3v) is 3.09. The molecule has 2 rings (SSSR count). The van der Waals surface area contributed by atoms with E-state index in [2.05, 4.69) is 10.3 Å². The van der Waals surface area contributed by atoms with Crippen molar-refractivity contribution in [3.05, 3.63) is 58.4 Å². The van der Waals surface area contributed by atoms with Crippen LogP contribution in [0.25, 0.3) is 11.1 Å². The van der Waals surface area contributed by atoms with E-state index in [1.165, 1.54) is 12.1 Å². The maximum absolute atomic E-state index is 11.8. The fourth-order valence-corrected chi connectivity index (χ4v) is 2.13. The van der Waals surface area contributed by atoms with Crippen LogP contribution < -0.4 is 5.32 Å². The van der Waals surface area contributed by atoms with Crippen LogP contribution in [-0.4, -0.2) is 21.6 Å². The van der Waals surface area contributed by atoms with Crippen molar-refractivity contribution in [3.8, 4) is 11.1 Å². The number of nitrogens with one attached hydrogen (secondary N) is 1. The average Bonchev–Trinajstić information content (AvgIpc) is 2.52. The van der Waals surface area contributed by atoms with Crippen molar-refractivity contribution in [2.24, 2.45) is 0 Å². The van der Waals surface area contributed by atoms with Gasteiger partial charge in [0, 0.05) is 36.6 Å². The Labute approximate surface area is 139 Å². The predicted molar refractivity (Wildman–Crippen MR) is 89.4 cm³/mol. The first-order valence-corrected chi connectivity index (χ1v) is 7.41. The molecule has 7 heteroatoms. The van der Waals surface area contributed by atoms with Gasteiger partial charge in [-0.1, -0.05) is 6.07 Å². The van der Waals surface area contributed by atoms with E-state index in [4.69, 9.17) is 4.74 Å². The zero-order chi connectivity index (χ0) is 17.7. The molecule has 7 nitrogen and oxygen atoms in total. The molecule has 0 spiro atoms. The van der Waals surface area contributed by atoms with Gasteiger partial charge in [-0.15, -0.1) is 0 Å². The summed E-state index contributed by atoms with van der Waals surface area (Å²) in [5.41, 5.74) is 1.55. The number of ether oxygens (including phenoxy) is 1. The molecule has 0 aliphatic rings. The highest BCUT2D eigenvalue weighted by Gasteiger charge is 2.17. The highest BCUT2D eigenvalue weighted by atomic mass is 16.6. The molecule has 0 bridgehead atoms. The number of alkyl carbamates (subject to hydrolysis) is 1. The Morgan fingerprint density at radius 3 is 2.67 bits per heavy atom. The van der Waals surface area contributed by atoms with Gasteiger partial charge in [-0.25, -0.2) is 4.79 Å². The van der Waals surface area contributed by atoms with E-state index in [1.54, 1.807) is 45.3 Å². The number of nitro benzene ring substituents is 1. The maximum Gasteiger partial charge on any atom is 0.407 e. The molecule has 0 radical (unpaired) electrons. The molecule has 0 unspecified atom stereocenters. The van der Waals surface area contributed by atoms with Gasteiger partial charge in [0.05, 0.1) is 4.92 Å². The first-order valence-electron chi connectivity index (χ1n) is 7.41. The minimum absolute atomic E-state index is 0.0383. The van der Waals surface area contributed by atoms with Gasteiger partial charge in [0.2, 0.25) is 0 Å². The highest BCUT2D eigenvalue weighted by molar-refractivity contribution is 5.71. The second-order valence-electron chi connectivity index (χ2n) is 6.20. The van der Waals surface area contributed by atoms with Crippen molar-refractivity contribution < 1.29 is 14.5 Å². The molecule has 126 valence electrons. The van der Waals surface area contributed by atoms with Crippen LogP contribution in [0.4, 0.5) is 10.5 Å². The number of nitrogens with zero attached hydrogens (tertiary/aromatic N) is 2. The molecule has 0 saturated heterocycles. The minimum Gasteiger partial charge on any atom is -0.444 e. The Hall–Kier alpha value is -2.96. The van der Waals surface area contributed by atoms with Gasteiger partial charge in [-0.05, 0) is 44.0 Å². The lowest BCUT2D eigenvalue weighted by atomic mass is 10.0. The molecular formula is C17H19N3O4. The largest absolute Gasteiger partial charge is 0.444 e. The van der Waals surface area contributed by atoms with Crippen molar-refractivity contribution in [2.45, 2.75) is 32.9 Å². The number of carbonyl (C=O) groups excluding carboxylic acids is 1. The number of amides is 1. The summed E-state index contributed by atoms with van der Waals surface area (Å²) < 4.78 is 5.19. The van der Waals surface area contributed by atoms with Crippen LogP contribution >= 0.6 is 0 Å². The third kappa shape index (κ3) is 4.77. The highest BCUT2D eigenvalue weighted by Crippen LogP contribution is 2.27. The van der Waals surface area contributed by atoms with Gasteiger partial charge < -0.3 is 10.1 Å². The number of hydrogen-bond acceptors (Lipinski definition) is 5. The first-order chi connectivity index (χ1) is 11.3. The number of pyridine rings is 1. The standard InChI is InChI=1S/C17H19N3O4/c1-17(2,3)24-16(21)19-11-13-9-14(20(22)23)6-7-15(13)12-5-4-8-18-10-12/h4-10H,11H2,1-3H3,(H,19,21). The maximum atomic E-state index is 11.8. The zero-order valence-corrected chi connectivity index (χ0v) is 13.8. The number of rotatable bonds is 4. The summed E-state index contributed by atoms with van der Waals surface area (Å²) in [6, 6.07) is 8.16. The number of carbonyl (C=O) groups is 1. The summed E-state index contributed by atoms with van der Waals surface area (Å²) in [6.45, 7) is 5.41. The van der Waals surface area contributed by atoms with Crippen molar-refractivity contribution in [3.63, 3.8) is 0 Å². The Morgan fingerprint density at radius 2 is 2.08 bits per heavy atom. The molecule has 1 aromatic carbocycles. The van der Waals surface area contributed by atoms with E-state index < -0.39 is 16.6 Å². The van der Waals surface area contributed by atoms with Crippen LogP contribution in [0.3, 0.4) is 0 Å². The van der Waals surface area contributed by atoms with Crippen molar-refractivity contribution in [1.82, 2.24) is 10.3 Å². The van der Waals surface area contributed by atoms with Crippen molar-refractivity contribution >= 4 is 11.8 Å². The van der Waals surface area contributed by atoms with E-state index in [1.807, 2.05) is 6.07 Å². The summed E-state index contributed by atoms with van der Waals surface area (Å²) >= 11 is 0. The Bertz CT molecular complexity index is 739. The number of non-ortho nitro benzene ring substituents is 1. The minimum atomic E-state index is -0.612. The molecular weight excluding hydrogens is 310 g/mol. The van der Waals surface area contributed by atoms with Gasteiger partial charge in [-0.2, -0.15) is 0 Å². The average molecular weight is 329 g/mol. The lowest BCUT2D eigenvalue weighted by Gasteiger charge is -2.20. The number of nitro groups is 1. The van der Waals surface area contributed by atoms with Crippen LogP contribution in [0.5, 0.6) is 0 Å². The summed E-state index contributed by atoms with van der Waals surface area (Å²) in [6.07, 6.45) is 2.73. The van der Waals surface area contributed by atoms with Crippen LogP contribution in [0.1, 0.15) is 26.3 Å². The number of hydrogen-bond donors (Lipinski definition) is 1. The molecule has 1 aromatic heterocycles. The summed E-state index contributed by atoms with van der Waals surface area (Å²) in [7, 11) is 0. The lowest BCUT2D eigenvalue weighted by Crippen LogP contribution is -2.32. The van der Waals surface area contributed by atoms with Gasteiger partial charge >= 0.3 is 6.09 Å². The van der Waals surface area contributed by atoms with Gasteiger partial charge in [0.1, 0.15) is 5.60 Å². The molecule has 1 heterocycles. The first kappa shape index (κ1) is 17.4. The SMILES string of the molecule is CC(C)(C)OC(=O)NCc1cc([N+](=O)[O-])ccc1-c1cccnc1. The summed E-state index contributed by atoms with van der Waals surface area (Å²) in [5, 5.41) is 13.6. The quantitative estimate of drug-likeness (QED) is 0.682. The van der Waals surface area contributed by atoms with Crippen LogP contribution in [0, 0.1) is 10.1 Å². The van der Waals surface area contributed by atoms with E-state index in [9.17, 15) is 14.9 Å². The number of aromatic nitrogens is 1. The fourth-order valence-electron chi connectivity index (χ4n) is 2.13. The lowest BCUT2D eigenvalue weighted by molar-refractivity contribution is -0.384. The Morgan fingerprint density at radius 1 is 1.33 bits per heavy atom. The number of benzene rings is 1. The monoisotopic (exact) mass is 329 g/mol. The van der Waals surface area contributed by atoms with Gasteiger partial charge in [-0.3, -0.25) is 15.1 Å². The van der Waals surface area contributed by atoms with Crippen molar-refractivity contribution in [1.29, 1.82) is 0 Å². The molecule has 1 amide bonds.